The van der Waals surface area contributed by atoms with Gasteiger partial charge in [0.25, 0.3) is 0 Å². The Bertz CT molecular complexity index is 812. The quantitative estimate of drug-likeness (QED) is 0.890. The molecule has 0 heterocycles. The van der Waals surface area contributed by atoms with Gasteiger partial charge in [-0.2, -0.15) is 13.6 Å². The van der Waals surface area contributed by atoms with Gasteiger partial charge < -0.3 is 9.92 Å². The molecule has 0 spiro atoms. The van der Waals surface area contributed by atoms with Gasteiger partial charge in [-0.25, -0.2) is 4.79 Å². The van der Waals surface area contributed by atoms with Gasteiger partial charge in [0.05, 0.1) is 11.4 Å². The number of aryl methyl sites for hydroxylation is 2. The summed E-state index contributed by atoms with van der Waals surface area (Å²) >= 11 is 0. The number of urea groups is 1. The molecule has 0 bridgehead atoms. The number of amides is 2. The van der Waals surface area contributed by atoms with E-state index in [1.807, 2.05) is 32.0 Å². The predicted octanol–water partition coefficient (Wildman–Crippen LogP) is 2.10. The minimum absolute atomic E-state index is 0.0427. The third-order valence-electron chi connectivity index (χ3n) is 2.99. The van der Waals surface area contributed by atoms with Crippen LogP contribution in [0.15, 0.2) is 42.5 Å². The minimum atomic E-state index is -4.10. The zero-order valence-electron chi connectivity index (χ0n) is 12.7. The van der Waals surface area contributed by atoms with Crippen LogP contribution in [0.4, 0.5) is 16.2 Å². The number of carbonyl (C=O) groups is 1. The Morgan fingerprint density at radius 3 is 1.96 bits per heavy atom. The molecule has 0 aliphatic heterocycles. The lowest BCUT2D eigenvalue weighted by Crippen LogP contribution is -2.31. The summed E-state index contributed by atoms with van der Waals surface area (Å²) < 4.78 is 26.3. The van der Waals surface area contributed by atoms with Crippen LogP contribution in [0, 0.1) is 13.8 Å². The van der Waals surface area contributed by atoms with Gasteiger partial charge in [-0.05, 0) is 61.4 Å². The van der Waals surface area contributed by atoms with Crippen molar-refractivity contribution in [3.05, 3.63) is 53.6 Å². The summed E-state index contributed by atoms with van der Waals surface area (Å²) in [5.74, 6) is 0.0427. The second kappa shape index (κ2) is 6.27. The Balaban J connectivity index is 2.40. The molecule has 2 aromatic rings. The van der Waals surface area contributed by atoms with E-state index in [1.54, 1.807) is 0 Å². The number of nitrogens with two attached hydrogens (primary N) is 2. The highest BCUT2D eigenvalue weighted by Gasteiger charge is 2.16. The lowest BCUT2D eigenvalue weighted by Gasteiger charge is -2.22. The minimum Gasteiger partial charge on any atom is -0.371 e. The van der Waals surface area contributed by atoms with Gasteiger partial charge in [0.1, 0.15) is 5.75 Å². The Kier molecular flexibility index (Phi) is 4.57. The molecule has 7 nitrogen and oxygen atoms in total. The molecule has 4 N–H and O–H groups in total. The first-order valence-corrected chi connectivity index (χ1v) is 8.13. The van der Waals surface area contributed by atoms with E-state index in [-0.39, 0.29) is 5.75 Å². The molecule has 0 radical (unpaired) electrons. The molecular weight excluding hydrogens is 318 g/mol. The number of nitrogens with zero attached hydrogens (tertiary/aromatic N) is 1. The van der Waals surface area contributed by atoms with Crippen molar-refractivity contribution in [1.29, 1.82) is 0 Å². The smallest absolute Gasteiger partial charge is 0.371 e. The Morgan fingerprint density at radius 1 is 1.00 bits per heavy atom. The van der Waals surface area contributed by atoms with Gasteiger partial charge in [0.15, 0.2) is 0 Å². The molecule has 0 saturated carbocycles. The van der Waals surface area contributed by atoms with Crippen molar-refractivity contribution in [2.75, 3.05) is 4.90 Å². The van der Waals surface area contributed by atoms with Crippen molar-refractivity contribution in [3.8, 4) is 5.75 Å². The fourth-order valence-electron chi connectivity index (χ4n) is 2.27. The normalized spacial score (nSPS) is 11.1. The number of anilines is 2. The van der Waals surface area contributed by atoms with Crippen LogP contribution >= 0.6 is 0 Å². The van der Waals surface area contributed by atoms with Gasteiger partial charge in [-0.3, -0.25) is 4.90 Å². The van der Waals surface area contributed by atoms with Crippen molar-refractivity contribution in [3.63, 3.8) is 0 Å². The van der Waals surface area contributed by atoms with E-state index in [4.69, 9.17) is 10.9 Å². The second-order valence-electron chi connectivity index (χ2n) is 5.09. The third kappa shape index (κ3) is 4.44. The van der Waals surface area contributed by atoms with E-state index in [9.17, 15) is 13.2 Å². The van der Waals surface area contributed by atoms with Gasteiger partial charge in [-0.1, -0.05) is 6.07 Å². The summed E-state index contributed by atoms with van der Waals surface area (Å²) in [5.41, 5.74) is 8.55. The predicted molar refractivity (Wildman–Crippen MR) is 87.8 cm³/mol. The molecule has 2 rings (SSSR count). The van der Waals surface area contributed by atoms with Crippen LogP contribution in [0.1, 0.15) is 11.1 Å². The maximum absolute atomic E-state index is 11.8. The molecule has 2 amide bonds. The van der Waals surface area contributed by atoms with Crippen LogP contribution < -0.4 is 20.0 Å². The van der Waals surface area contributed by atoms with E-state index >= 15 is 0 Å². The maximum Gasteiger partial charge on any atom is 0.380 e. The van der Waals surface area contributed by atoms with E-state index in [1.165, 1.54) is 29.2 Å². The monoisotopic (exact) mass is 335 g/mol. The van der Waals surface area contributed by atoms with Gasteiger partial charge >= 0.3 is 16.3 Å². The van der Waals surface area contributed by atoms with Crippen LogP contribution in [-0.2, 0) is 10.3 Å². The molecule has 0 saturated heterocycles. The van der Waals surface area contributed by atoms with Crippen LogP contribution in [-0.4, -0.2) is 14.4 Å². The number of primary amides is 1. The molecular formula is C15H17N3O4S. The number of carbonyl (C=O) groups excluding carboxylic acids is 1. The van der Waals surface area contributed by atoms with E-state index < -0.39 is 16.3 Å². The van der Waals surface area contributed by atoms with Crippen LogP contribution in [0.5, 0.6) is 5.75 Å². The SMILES string of the molecule is Cc1cc(C)cc(N(C(N)=O)c2ccc(OS(N)(=O)=O)cc2)c1. The summed E-state index contributed by atoms with van der Waals surface area (Å²) in [7, 11) is -4.10. The first kappa shape index (κ1) is 16.8. The third-order valence-corrected chi connectivity index (χ3v) is 3.42. The van der Waals surface area contributed by atoms with Crippen molar-refractivity contribution < 1.29 is 17.4 Å². The molecule has 122 valence electrons. The maximum atomic E-state index is 11.8. The first-order valence-electron chi connectivity index (χ1n) is 6.66. The highest BCUT2D eigenvalue weighted by molar-refractivity contribution is 7.84. The van der Waals surface area contributed by atoms with Gasteiger partial charge in [0.2, 0.25) is 0 Å². The highest BCUT2D eigenvalue weighted by Crippen LogP contribution is 2.28. The zero-order chi connectivity index (χ0) is 17.2. The van der Waals surface area contributed by atoms with Crippen LogP contribution in [0.3, 0.4) is 0 Å². The first-order chi connectivity index (χ1) is 10.7. The molecule has 0 aromatic heterocycles. The largest absolute Gasteiger partial charge is 0.380 e. The Labute approximate surface area is 134 Å². The fraction of sp³-hybridized carbons (Fsp3) is 0.133. The number of benzene rings is 2. The fourth-order valence-corrected chi connectivity index (χ4v) is 2.65. The van der Waals surface area contributed by atoms with Crippen molar-refractivity contribution in [1.82, 2.24) is 0 Å². The molecule has 0 aliphatic carbocycles. The van der Waals surface area contributed by atoms with E-state index in [0.29, 0.717) is 11.4 Å². The number of rotatable bonds is 4. The zero-order valence-corrected chi connectivity index (χ0v) is 13.5. The molecule has 0 aliphatic rings. The lowest BCUT2D eigenvalue weighted by molar-refractivity contribution is 0.256. The van der Waals surface area contributed by atoms with Gasteiger partial charge in [-0.15, -0.1) is 0 Å². The average Bonchev–Trinajstić information content (AvgIpc) is 2.37. The summed E-state index contributed by atoms with van der Waals surface area (Å²) in [5, 5.41) is 4.80. The molecule has 23 heavy (non-hydrogen) atoms. The lowest BCUT2D eigenvalue weighted by atomic mass is 10.1. The summed E-state index contributed by atoms with van der Waals surface area (Å²) in [6, 6.07) is 10.8. The number of hydrogen-bond acceptors (Lipinski definition) is 4. The Morgan fingerprint density at radius 2 is 1.52 bits per heavy atom. The molecule has 0 fully saturated rings. The summed E-state index contributed by atoms with van der Waals surface area (Å²) in [6.45, 7) is 3.83. The number of hydrogen-bond donors (Lipinski definition) is 2. The van der Waals surface area contributed by atoms with E-state index in [0.717, 1.165) is 11.1 Å². The van der Waals surface area contributed by atoms with Gasteiger partial charge in [0, 0.05) is 0 Å². The second-order valence-corrected chi connectivity index (χ2v) is 6.24. The summed E-state index contributed by atoms with van der Waals surface area (Å²) in [4.78, 5) is 13.2. The molecule has 8 heteroatoms. The van der Waals surface area contributed by atoms with Crippen molar-refractivity contribution in [2.24, 2.45) is 10.9 Å². The molecule has 0 atom stereocenters. The van der Waals surface area contributed by atoms with E-state index in [2.05, 4.69) is 4.18 Å². The van der Waals surface area contributed by atoms with Crippen LogP contribution in [0.25, 0.3) is 0 Å². The average molecular weight is 335 g/mol. The standard InChI is InChI=1S/C15H17N3O4S/c1-10-7-11(2)9-13(8-10)18(15(16)19)12-3-5-14(6-4-12)22-23(17,20)21/h3-9H,1-2H3,(H2,16,19)(H2,17,20,21). The topological polar surface area (TPSA) is 116 Å². The molecule has 0 unspecified atom stereocenters. The molecule has 2 aromatic carbocycles. The Hall–Kier alpha value is -2.58. The van der Waals surface area contributed by atoms with Crippen molar-refractivity contribution in [2.45, 2.75) is 13.8 Å². The highest BCUT2D eigenvalue weighted by atomic mass is 32.2. The summed E-state index contributed by atoms with van der Waals surface area (Å²) in [6.07, 6.45) is 0. The van der Waals surface area contributed by atoms with Crippen molar-refractivity contribution >= 4 is 27.7 Å². The van der Waals surface area contributed by atoms with Crippen LogP contribution in [0.2, 0.25) is 0 Å².